The second-order valence-electron chi connectivity index (χ2n) is 14.0. The Morgan fingerprint density at radius 1 is 0.339 bits per heavy atom. The Morgan fingerprint density at radius 3 is 1.64 bits per heavy atom. The normalized spacial score (nSPS) is 11.6. The quantitative estimate of drug-likeness (QED) is 0.171. The number of hydrogen-bond acceptors (Lipinski definition) is 5. The molecule has 0 saturated heterocycles. The smallest absolute Gasteiger partial charge is 0.164 e. The van der Waals surface area contributed by atoms with Crippen molar-refractivity contribution in [3.63, 3.8) is 0 Å². The van der Waals surface area contributed by atoms with Crippen molar-refractivity contribution in [2.75, 3.05) is 0 Å². The lowest BCUT2D eigenvalue weighted by molar-refractivity contribution is 0.670. The molecular formula is C51H31N3OS. The van der Waals surface area contributed by atoms with E-state index in [0.717, 1.165) is 60.9 Å². The lowest BCUT2D eigenvalue weighted by atomic mass is 9.93. The summed E-state index contributed by atoms with van der Waals surface area (Å²) < 4.78 is 8.92. The van der Waals surface area contributed by atoms with E-state index < -0.39 is 0 Å². The Kier molecular flexibility index (Phi) is 7.64. The molecule has 0 spiro atoms. The summed E-state index contributed by atoms with van der Waals surface area (Å²) in [5.74, 6) is 1.93. The zero-order valence-electron chi connectivity index (χ0n) is 30.1. The van der Waals surface area contributed by atoms with Crippen LogP contribution in [0.3, 0.4) is 0 Å². The topological polar surface area (TPSA) is 51.8 Å². The summed E-state index contributed by atoms with van der Waals surface area (Å²) in [6.07, 6.45) is 0. The van der Waals surface area contributed by atoms with E-state index in [1.807, 2.05) is 48.5 Å². The summed E-state index contributed by atoms with van der Waals surface area (Å²) in [5, 5.41) is 4.68. The Balaban J connectivity index is 1.05. The predicted molar refractivity (Wildman–Crippen MR) is 233 cm³/mol. The first-order valence-corrected chi connectivity index (χ1v) is 19.5. The van der Waals surface area contributed by atoms with Crippen LogP contribution in [0.15, 0.2) is 192 Å². The van der Waals surface area contributed by atoms with Crippen molar-refractivity contribution in [2.24, 2.45) is 0 Å². The van der Waals surface area contributed by atoms with Crippen molar-refractivity contribution >= 4 is 53.4 Å². The molecule has 11 rings (SSSR count). The van der Waals surface area contributed by atoms with Gasteiger partial charge in [0.05, 0.1) is 0 Å². The van der Waals surface area contributed by atoms with Crippen molar-refractivity contribution in [1.82, 2.24) is 15.0 Å². The number of furan rings is 1. The number of nitrogens with zero attached hydrogens (tertiary/aromatic N) is 3. The van der Waals surface area contributed by atoms with Crippen LogP contribution in [0, 0.1) is 0 Å². The number of thiophene rings is 1. The molecule has 0 radical (unpaired) electrons. The Hall–Kier alpha value is -7.21. The van der Waals surface area contributed by atoms with Gasteiger partial charge in [0.25, 0.3) is 0 Å². The predicted octanol–water partition coefficient (Wildman–Crippen LogP) is 14.1. The Bertz CT molecular complexity index is 3230. The van der Waals surface area contributed by atoms with Gasteiger partial charge in [-0.3, -0.25) is 0 Å². The Morgan fingerprint density at radius 2 is 0.911 bits per heavy atom. The van der Waals surface area contributed by atoms with E-state index in [0.29, 0.717) is 17.5 Å². The number of hydrogen-bond donors (Lipinski definition) is 0. The molecule has 56 heavy (non-hydrogen) atoms. The first-order valence-electron chi connectivity index (χ1n) is 18.7. The molecule has 0 unspecified atom stereocenters. The molecule has 0 aliphatic rings. The zero-order valence-corrected chi connectivity index (χ0v) is 30.9. The summed E-state index contributed by atoms with van der Waals surface area (Å²) in [6, 6.07) is 65.7. The van der Waals surface area contributed by atoms with Gasteiger partial charge in [-0.2, -0.15) is 0 Å². The average molecular weight is 734 g/mol. The van der Waals surface area contributed by atoms with E-state index in [4.69, 9.17) is 19.4 Å². The molecule has 3 heterocycles. The third-order valence-corrected chi connectivity index (χ3v) is 11.7. The van der Waals surface area contributed by atoms with Crippen molar-refractivity contribution in [2.45, 2.75) is 0 Å². The molecular weight excluding hydrogens is 703 g/mol. The van der Waals surface area contributed by atoms with Gasteiger partial charge in [0.1, 0.15) is 11.2 Å². The second kappa shape index (κ2) is 13.3. The highest BCUT2D eigenvalue weighted by Gasteiger charge is 2.19. The third kappa shape index (κ3) is 5.56. The summed E-state index contributed by atoms with van der Waals surface area (Å²) >= 11 is 1.80. The first-order chi connectivity index (χ1) is 27.7. The minimum Gasteiger partial charge on any atom is -0.455 e. The van der Waals surface area contributed by atoms with E-state index in [-0.39, 0.29) is 0 Å². The number of rotatable bonds is 6. The van der Waals surface area contributed by atoms with Gasteiger partial charge in [-0.15, -0.1) is 11.3 Å². The van der Waals surface area contributed by atoms with Gasteiger partial charge in [0.2, 0.25) is 0 Å². The SMILES string of the molecule is c1ccc(-c2ccc(-c3nc(-c4ccccc4)nc(-c4ccc5c(c4)sc4cccc(-c6cc(-c7ccccc7)c7oc8ccccc8c7c6)c45)n3)cc2)cc1. The fourth-order valence-corrected chi connectivity index (χ4v) is 8.98. The fourth-order valence-electron chi connectivity index (χ4n) is 7.81. The summed E-state index contributed by atoms with van der Waals surface area (Å²) in [5.41, 5.74) is 11.5. The highest BCUT2D eigenvalue weighted by Crippen LogP contribution is 2.45. The molecule has 8 aromatic carbocycles. The molecule has 0 aliphatic carbocycles. The first kappa shape index (κ1) is 32.2. The molecule has 3 aromatic heterocycles. The van der Waals surface area contributed by atoms with Gasteiger partial charge in [0.15, 0.2) is 17.5 Å². The summed E-state index contributed by atoms with van der Waals surface area (Å²) in [6.45, 7) is 0. The molecule has 4 nitrogen and oxygen atoms in total. The van der Waals surface area contributed by atoms with Crippen molar-refractivity contribution in [3.8, 4) is 67.5 Å². The van der Waals surface area contributed by atoms with Crippen LogP contribution < -0.4 is 0 Å². The highest BCUT2D eigenvalue weighted by atomic mass is 32.1. The van der Waals surface area contributed by atoms with Gasteiger partial charge in [-0.1, -0.05) is 158 Å². The van der Waals surface area contributed by atoms with E-state index in [1.165, 1.54) is 31.3 Å². The van der Waals surface area contributed by atoms with Crippen molar-refractivity contribution in [3.05, 3.63) is 188 Å². The molecule has 262 valence electrons. The fraction of sp³-hybridized carbons (Fsp3) is 0. The highest BCUT2D eigenvalue weighted by molar-refractivity contribution is 7.26. The maximum Gasteiger partial charge on any atom is 0.164 e. The minimum absolute atomic E-state index is 0.642. The van der Waals surface area contributed by atoms with E-state index >= 15 is 0 Å². The molecule has 0 N–H and O–H groups in total. The molecule has 0 atom stereocenters. The van der Waals surface area contributed by atoms with Gasteiger partial charge in [-0.25, -0.2) is 15.0 Å². The lowest BCUT2D eigenvalue weighted by Crippen LogP contribution is -2.00. The van der Waals surface area contributed by atoms with Crippen LogP contribution in [0.4, 0.5) is 0 Å². The minimum atomic E-state index is 0.642. The van der Waals surface area contributed by atoms with Crippen LogP contribution >= 0.6 is 11.3 Å². The molecule has 5 heteroatoms. The third-order valence-electron chi connectivity index (χ3n) is 10.5. The van der Waals surface area contributed by atoms with Crippen LogP contribution in [0.5, 0.6) is 0 Å². The van der Waals surface area contributed by atoms with E-state index in [9.17, 15) is 0 Å². The number of fused-ring (bicyclic) bond motifs is 6. The van der Waals surface area contributed by atoms with Crippen LogP contribution in [0.1, 0.15) is 0 Å². The van der Waals surface area contributed by atoms with Crippen LogP contribution in [-0.2, 0) is 0 Å². The molecule has 0 fully saturated rings. The van der Waals surface area contributed by atoms with Crippen molar-refractivity contribution < 1.29 is 4.42 Å². The second-order valence-corrected chi connectivity index (χ2v) is 15.1. The largest absolute Gasteiger partial charge is 0.455 e. The van der Waals surface area contributed by atoms with Gasteiger partial charge in [0, 0.05) is 53.2 Å². The molecule has 0 amide bonds. The van der Waals surface area contributed by atoms with Crippen LogP contribution in [-0.4, -0.2) is 15.0 Å². The number of aromatic nitrogens is 3. The van der Waals surface area contributed by atoms with Gasteiger partial charge in [-0.05, 0) is 58.1 Å². The molecule has 0 saturated carbocycles. The van der Waals surface area contributed by atoms with Gasteiger partial charge < -0.3 is 4.42 Å². The zero-order chi connectivity index (χ0) is 37.0. The maximum atomic E-state index is 6.51. The molecule has 0 aliphatic heterocycles. The monoisotopic (exact) mass is 733 g/mol. The number of para-hydroxylation sites is 1. The summed E-state index contributed by atoms with van der Waals surface area (Å²) in [7, 11) is 0. The molecule has 11 aromatic rings. The van der Waals surface area contributed by atoms with Crippen LogP contribution in [0.2, 0.25) is 0 Å². The Labute approximate surface area is 327 Å². The van der Waals surface area contributed by atoms with Gasteiger partial charge >= 0.3 is 0 Å². The lowest BCUT2D eigenvalue weighted by Gasteiger charge is -2.10. The van der Waals surface area contributed by atoms with Crippen molar-refractivity contribution in [1.29, 1.82) is 0 Å². The average Bonchev–Trinajstić information content (AvgIpc) is 3.85. The van der Waals surface area contributed by atoms with E-state index in [1.54, 1.807) is 11.3 Å². The number of benzene rings is 8. The molecule has 0 bridgehead atoms. The maximum absolute atomic E-state index is 6.51. The standard InChI is InChI=1S/C51H31N3OS/c1-4-13-32(14-5-1)33-23-25-36(26-24-33)50-52-49(35-17-8-3-9-18-35)53-51(54-50)37-27-28-41-46(31-37)56-45-22-12-20-39(47(41)45)38-29-42(34-15-6-2-7-16-34)48-43(30-38)40-19-10-11-21-44(40)55-48/h1-31H. The van der Waals surface area contributed by atoms with Crippen LogP contribution in [0.25, 0.3) is 110 Å². The van der Waals surface area contributed by atoms with E-state index in [2.05, 4.69) is 140 Å². The summed E-state index contributed by atoms with van der Waals surface area (Å²) in [4.78, 5) is 15.1.